The lowest BCUT2D eigenvalue weighted by molar-refractivity contribution is -0.116. The lowest BCUT2D eigenvalue weighted by atomic mass is 10.1. The van der Waals surface area contributed by atoms with Crippen LogP contribution in [0.1, 0.15) is 17.3 Å². The van der Waals surface area contributed by atoms with Crippen LogP contribution in [0.3, 0.4) is 0 Å². The van der Waals surface area contributed by atoms with Crippen LogP contribution in [0.4, 0.5) is 0 Å². The third-order valence-electron chi connectivity index (χ3n) is 2.34. The van der Waals surface area contributed by atoms with Crippen molar-refractivity contribution in [1.82, 2.24) is 0 Å². The van der Waals surface area contributed by atoms with E-state index in [0.717, 1.165) is 5.56 Å². The molecule has 0 aliphatic carbocycles. The number of hydrogen-bond donors (Lipinski definition) is 0. The Morgan fingerprint density at radius 2 is 1.59 bits per heavy atom. The summed E-state index contributed by atoms with van der Waals surface area (Å²) >= 11 is 3.32. The van der Waals surface area contributed by atoms with Gasteiger partial charge in [0.2, 0.25) is 5.75 Å². The number of hydrogen-bond acceptors (Lipinski definition) is 4. The molecule has 0 bridgehead atoms. The van der Waals surface area contributed by atoms with Gasteiger partial charge in [-0.05, 0) is 24.6 Å². The molecule has 1 unspecified atom stereocenters. The van der Waals surface area contributed by atoms with E-state index >= 15 is 0 Å². The van der Waals surface area contributed by atoms with Crippen LogP contribution in [0.2, 0.25) is 0 Å². The van der Waals surface area contributed by atoms with Gasteiger partial charge < -0.3 is 14.2 Å². The van der Waals surface area contributed by atoms with Crippen molar-refractivity contribution < 1.29 is 19.0 Å². The van der Waals surface area contributed by atoms with Gasteiger partial charge in [-0.2, -0.15) is 0 Å². The zero-order valence-corrected chi connectivity index (χ0v) is 11.8. The first-order valence-corrected chi connectivity index (χ1v) is 5.91. The molecular weight excluding hydrogens is 288 g/mol. The Hall–Kier alpha value is -1.23. The Bertz CT molecular complexity index is 392. The number of ketones is 1. The molecule has 4 nitrogen and oxygen atoms in total. The molecule has 0 saturated carbocycles. The van der Waals surface area contributed by atoms with Gasteiger partial charge in [0.1, 0.15) is 5.78 Å². The molecule has 17 heavy (non-hydrogen) atoms. The summed E-state index contributed by atoms with van der Waals surface area (Å²) in [5.41, 5.74) is 0.770. The van der Waals surface area contributed by atoms with Crippen molar-refractivity contribution >= 4 is 21.7 Å². The largest absolute Gasteiger partial charge is 0.493 e. The van der Waals surface area contributed by atoms with Crippen LogP contribution >= 0.6 is 15.9 Å². The van der Waals surface area contributed by atoms with E-state index < -0.39 is 0 Å². The fourth-order valence-electron chi connectivity index (χ4n) is 1.48. The molecule has 0 radical (unpaired) electrons. The van der Waals surface area contributed by atoms with E-state index in [0.29, 0.717) is 17.2 Å². The van der Waals surface area contributed by atoms with Gasteiger partial charge in [0.05, 0.1) is 26.2 Å². The SMILES string of the molecule is COc1cc(C(Br)C(C)=O)cc(OC)c1OC. The first kappa shape index (κ1) is 13.8. The molecule has 1 aromatic carbocycles. The van der Waals surface area contributed by atoms with Crippen molar-refractivity contribution in [3.05, 3.63) is 17.7 Å². The lowest BCUT2D eigenvalue weighted by Crippen LogP contribution is -2.03. The highest BCUT2D eigenvalue weighted by Gasteiger charge is 2.19. The van der Waals surface area contributed by atoms with Gasteiger partial charge in [-0.3, -0.25) is 4.79 Å². The van der Waals surface area contributed by atoms with Crippen LogP contribution in [-0.2, 0) is 4.79 Å². The van der Waals surface area contributed by atoms with Gasteiger partial charge in [0.15, 0.2) is 11.5 Å². The van der Waals surface area contributed by atoms with E-state index in [1.54, 1.807) is 12.1 Å². The molecule has 0 amide bonds. The average molecular weight is 303 g/mol. The second-order valence-corrected chi connectivity index (χ2v) is 4.35. The number of ether oxygens (including phenoxy) is 3. The van der Waals surface area contributed by atoms with Crippen LogP contribution in [0.15, 0.2) is 12.1 Å². The second kappa shape index (κ2) is 5.91. The van der Waals surface area contributed by atoms with Crippen molar-refractivity contribution in [2.24, 2.45) is 0 Å². The molecule has 0 saturated heterocycles. The molecule has 0 fully saturated rings. The molecule has 94 valence electrons. The Morgan fingerprint density at radius 3 is 1.88 bits per heavy atom. The maximum atomic E-state index is 11.3. The van der Waals surface area contributed by atoms with E-state index in [1.165, 1.54) is 28.3 Å². The van der Waals surface area contributed by atoms with Crippen molar-refractivity contribution in [1.29, 1.82) is 0 Å². The minimum absolute atomic E-state index is 0.0132. The Labute approximate surface area is 109 Å². The van der Waals surface area contributed by atoms with Gasteiger partial charge in [0, 0.05) is 0 Å². The summed E-state index contributed by atoms with van der Waals surface area (Å²) in [5.74, 6) is 1.60. The highest BCUT2D eigenvalue weighted by molar-refractivity contribution is 9.09. The zero-order valence-electron chi connectivity index (χ0n) is 10.2. The molecule has 0 aromatic heterocycles. The van der Waals surface area contributed by atoms with Crippen LogP contribution < -0.4 is 14.2 Å². The molecule has 1 atom stereocenters. The monoisotopic (exact) mass is 302 g/mol. The standard InChI is InChI=1S/C12H15BrO4/c1-7(14)11(13)8-5-9(15-2)12(17-4)10(6-8)16-3/h5-6,11H,1-4H3. The van der Waals surface area contributed by atoms with E-state index in [1.807, 2.05) is 0 Å². The summed E-state index contributed by atoms with van der Waals surface area (Å²) < 4.78 is 15.6. The molecule has 5 heteroatoms. The lowest BCUT2D eigenvalue weighted by Gasteiger charge is -2.15. The van der Waals surface area contributed by atoms with E-state index in [9.17, 15) is 4.79 Å². The number of halogens is 1. The first-order valence-electron chi connectivity index (χ1n) is 4.99. The Kier molecular flexibility index (Phi) is 4.81. The number of alkyl halides is 1. The van der Waals surface area contributed by atoms with Crippen molar-refractivity contribution in [2.45, 2.75) is 11.8 Å². The van der Waals surface area contributed by atoms with Gasteiger partial charge in [-0.1, -0.05) is 15.9 Å². The van der Waals surface area contributed by atoms with Crippen LogP contribution in [0, 0.1) is 0 Å². The molecule has 0 N–H and O–H groups in total. The smallest absolute Gasteiger partial charge is 0.203 e. The highest BCUT2D eigenvalue weighted by atomic mass is 79.9. The van der Waals surface area contributed by atoms with Gasteiger partial charge >= 0.3 is 0 Å². The molecule has 0 aliphatic heterocycles. The predicted octanol–water partition coefficient (Wildman–Crippen LogP) is 2.74. The van der Waals surface area contributed by atoms with Gasteiger partial charge in [-0.15, -0.1) is 0 Å². The molecule has 1 aromatic rings. The van der Waals surface area contributed by atoms with Crippen molar-refractivity contribution in [3.8, 4) is 17.2 Å². The summed E-state index contributed by atoms with van der Waals surface area (Å²) in [6.07, 6.45) is 0. The Balaban J connectivity index is 3.31. The van der Waals surface area contributed by atoms with Crippen LogP contribution in [0.25, 0.3) is 0 Å². The minimum atomic E-state index is -0.379. The third kappa shape index (κ3) is 2.91. The number of rotatable bonds is 5. The van der Waals surface area contributed by atoms with E-state index in [4.69, 9.17) is 14.2 Å². The van der Waals surface area contributed by atoms with Crippen molar-refractivity contribution in [3.63, 3.8) is 0 Å². The second-order valence-electron chi connectivity index (χ2n) is 3.43. The molecular formula is C12H15BrO4. The number of carbonyl (C=O) groups is 1. The summed E-state index contributed by atoms with van der Waals surface area (Å²) in [7, 11) is 4.62. The number of carbonyl (C=O) groups excluding carboxylic acids is 1. The van der Waals surface area contributed by atoms with Crippen LogP contribution in [0.5, 0.6) is 17.2 Å². The maximum Gasteiger partial charge on any atom is 0.203 e. The average Bonchev–Trinajstić information content (AvgIpc) is 2.35. The maximum absolute atomic E-state index is 11.3. The van der Waals surface area contributed by atoms with E-state index in [2.05, 4.69) is 15.9 Å². The van der Waals surface area contributed by atoms with Gasteiger partial charge in [0.25, 0.3) is 0 Å². The van der Waals surface area contributed by atoms with E-state index in [-0.39, 0.29) is 10.6 Å². The summed E-state index contributed by atoms with van der Waals surface area (Å²) in [5, 5.41) is 0. The molecule has 0 aliphatic rings. The fraction of sp³-hybridized carbons (Fsp3) is 0.417. The first-order chi connectivity index (χ1) is 8.04. The summed E-state index contributed by atoms with van der Waals surface area (Å²) in [4.78, 5) is 11.0. The molecule has 0 spiro atoms. The third-order valence-corrected chi connectivity index (χ3v) is 3.51. The summed E-state index contributed by atoms with van der Waals surface area (Å²) in [6, 6.07) is 3.50. The number of methoxy groups -OCH3 is 3. The predicted molar refractivity (Wildman–Crippen MR) is 68.4 cm³/mol. The summed E-state index contributed by atoms with van der Waals surface area (Å²) in [6.45, 7) is 1.52. The number of Topliss-reactive ketones (excluding diaryl/α,β-unsaturated/α-hetero) is 1. The van der Waals surface area contributed by atoms with Crippen LogP contribution in [-0.4, -0.2) is 27.1 Å². The normalized spacial score (nSPS) is 11.8. The fourth-order valence-corrected chi connectivity index (χ4v) is 1.75. The Morgan fingerprint density at radius 1 is 1.12 bits per heavy atom. The molecule has 1 rings (SSSR count). The highest BCUT2D eigenvalue weighted by Crippen LogP contribution is 2.41. The zero-order chi connectivity index (χ0) is 13.0. The molecule has 0 heterocycles. The van der Waals surface area contributed by atoms with Crippen molar-refractivity contribution in [2.75, 3.05) is 21.3 Å². The number of benzene rings is 1. The van der Waals surface area contributed by atoms with Gasteiger partial charge in [-0.25, -0.2) is 0 Å². The quantitative estimate of drug-likeness (QED) is 0.785. The minimum Gasteiger partial charge on any atom is -0.493 e. The topological polar surface area (TPSA) is 44.8 Å².